The zero-order chi connectivity index (χ0) is 22.1. The molecule has 0 spiro atoms. The average molecular weight is 416 g/mol. The number of pyridine rings is 1. The number of hydrogen-bond donors (Lipinski definition) is 3. The van der Waals surface area contributed by atoms with E-state index in [-0.39, 0.29) is 30.3 Å². The molecule has 4 aromatic rings. The number of carbonyl (C=O) groups is 1. The van der Waals surface area contributed by atoms with Gasteiger partial charge >= 0.3 is 0 Å². The molecule has 158 valence electrons. The lowest BCUT2D eigenvalue weighted by molar-refractivity contribution is 0.0952. The molecule has 8 nitrogen and oxygen atoms in total. The predicted octanol–water partition coefficient (Wildman–Crippen LogP) is 3.27. The molecule has 0 fully saturated rings. The molecule has 0 aliphatic rings. The van der Waals surface area contributed by atoms with Gasteiger partial charge in [-0.3, -0.25) is 4.79 Å². The van der Waals surface area contributed by atoms with E-state index >= 15 is 0 Å². The quantitative estimate of drug-likeness (QED) is 0.459. The zero-order valence-corrected chi connectivity index (χ0v) is 17.6. The molecule has 4 rings (SSSR count). The van der Waals surface area contributed by atoms with Crippen LogP contribution in [0.15, 0.2) is 48.8 Å². The molecule has 0 bridgehead atoms. The van der Waals surface area contributed by atoms with Crippen LogP contribution < -0.4 is 11.1 Å². The molecule has 0 saturated heterocycles. The Balaban J connectivity index is 1.69. The molecule has 0 aliphatic heterocycles. The summed E-state index contributed by atoms with van der Waals surface area (Å²) in [6, 6.07) is 11.8. The van der Waals surface area contributed by atoms with Crippen molar-refractivity contribution in [3.63, 3.8) is 0 Å². The second-order valence-electron chi connectivity index (χ2n) is 7.57. The van der Waals surface area contributed by atoms with Gasteiger partial charge in [0.1, 0.15) is 5.65 Å². The first-order valence-electron chi connectivity index (χ1n) is 9.97. The van der Waals surface area contributed by atoms with E-state index in [4.69, 9.17) is 5.73 Å². The molecule has 0 aliphatic carbocycles. The Morgan fingerprint density at radius 3 is 2.68 bits per heavy atom. The van der Waals surface area contributed by atoms with Crippen molar-refractivity contribution >= 4 is 22.9 Å². The van der Waals surface area contributed by atoms with E-state index in [1.54, 1.807) is 12.4 Å². The number of aromatic hydroxyl groups is 1. The number of carbonyl (C=O) groups excluding carboxylic acids is 1. The van der Waals surface area contributed by atoms with Crippen LogP contribution in [0, 0.1) is 13.8 Å². The van der Waals surface area contributed by atoms with Gasteiger partial charge in [-0.05, 0) is 38.0 Å². The normalized spacial score (nSPS) is 12.1. The number of benzene rings is 1. The van der Waals surface area contributed by atoms with Crippen molar-refractivity contribution in [2.75, 3.05) is 5.73 Å². The van der Waals surface area contributed by atoms with Crippen molar-refractivity contribution < 1.29 is 9.90 Å². The minimum atomic E-state index is -0.295. The van der Waals surface area contributed by atoms with Crippen molar-refractivity contribution in [3.8, 4) is 5.88 Å². The number of hydrogen-bond acceptors (Lipinski definition) is 6. The van der Waals surface area contributed by atoms with Gasteiger partial charge in [0.05, 0.1) is 17.0 Å². The van der Waals surface area contributed by atoms with Gasteiger partial charge in [-0.2, -0.15) is 4.98 Å². The van der Waals surface area contributed by atoms with Gasteiger partial charge in [0, 0.05) is 30.2 Å². The number of fused-ring (bicyclic) bond motifs is 1. The van der Waals surface area contributed by atoms with Gasteiger partial charge in [-0.25, -0.2) is 9.97 Å². The summed E-state index contributed by atoms with van der Waals surface area (Å²) >= 11 is 0. The van der Waals surface area contributed by atoms with Crippen LogP contribution in [0.1, 0.15) is 45.7 Å². The second kappa shape index (κ2) is 8.06. The average Bonchev–Trinajstić information content (AvgIpc) is 3.11. The van der Waals surface area contributed by atoms with E-state index in [2.05, 4.69) is 20.3 Å². The summed E-state index contributed by atoms with van der Waals surface area (Å²) in [5.41, 5.74) is 10.1. The summed E-state index contributed by atoms with van der Waals surface area (Å²) in [4.78, 5) is 25.6. The number of amides is 1. The lowest BCUT2D eigenvalue weighted by Crippen LogP contribution is -2.23. The lowest BCUT2D eigenvalue weighted by atomic mass is 10.1. The summed E-state index contributed by atoms with van der Waals surface area (Å²) in [6.07, 6.45) is 3.34. The highest BCUT2D eigenvalue weighted by Gasteiger charge is 2.21. The summed E-state index contributed by atoms with van der Waals surface area (Å²) in [5, 5.41) is 13.6. The van der Waals surface area contributed by atoms with Gasteiger partial charge in [0.25, 0.3) is 5.91 Å². The number of nitrogens with two attached hydrogens (primary N) is 1. The monoisotopic (exact) mass is 416 g/mol. The van der Waals surface area contributed by atoms with Crippen LogP contribution in [0.25, 0.3) is 11.0 Å². The largest absolute Gasteiger partial charge is 0.493 e. The van der Waals surface area contributed by atoms with Crippen LogP contribution in [-0.2, 0) is 6.54 Å². The van der Waals surface area contributed by atoms with Gasteiger partial charge in [0.2, 0.25) is 11.8 Å². The molecule has 1 amide bonds. The minimum absolute atomic E-state index is 0.0628. The molecule has 3 heterocycles. The molecule has 31 heavy (non-hydrogen) atoms. The van der Waals surface area contributed by atoms with Crippen molar-refractivity contribution in [2.45, 2.75) is 33.4 Å². The SMILES string of the molecule is Cc1cc(C)c(CNC(=O)c2cn(C(C)c3ccccc3)c3nc(N)ncc23)c(O)n1. The van der Waals surface area contributed by atoms with Crippen LogP contribution in [-0.4, -0.2) is 30.5 Å². The number of nitrogen functional groups attached to an aromatic ring is 1. The first kappa shape index (κ1) is 20.3. The number of anilines is 1. The van der Waals surface area contributed by atoms with Crippen LogP contribution in [0.3, 0.4) is 0 Å². The maximum absolute atomic E-state index is 13.1. The van der Waals surface area contributed by atoms with Gasteiger partial charge in [-0.1, -0.05) is 30.3 Å². The maximum Gasteiger partial charge on any atom is 0.253 e. The fourth-order valence-electron chi connectivity index (χ4n) is 3.74. The van der Waals surface area contributed by atoms with Crippen LogP contribution >= 0.6 is 0 Å². The van der Waals surface area contributed by atoms with E-state index in [1.807, 2.05) is 61.7 Å². The molecular formula is C23H24N6O2. The Hall–Kier alpha value is -3.94. The molecule has 1 aromatic carbocycles. The standard InChI is InChI=1S/C23H24N6O2/c1-13-9-14(2)27-22(31)17(13)10-25-21(30)19-12-29(15(3)16-7-5-4-6-8-16)20-18(19)11-26-23(24)28-20/h4-9,11-12,15H,10H2,1-3H3,(H,25,30)(H,27,31)(H2,24,26,28). The van der Waals surface area contributed by atoms with E-state index in [0.717, 1.165) is 16.8 Å². The molecule has 1 atom stereocenters. The topological polar surface area (TPSA) is 119 Å². The molecule has 4 N–H and O–H groups in total. The van der Waals surface area contributed by atoms with Gasteiger partial charge in [-0.15, -0.1) is 0 Å². The first-order chi connectivity index (χ1) is 14.8. The van der Waals surface area contributed by atoms with Crippen molar-refractivity contribution in [2.24, 2.45) is 0 Å². The number of aryl methyl sites for hydroxylation is 2. The highest BCUT2D eigenvalue weighted by atomic mass is 16.3. The lowest BCUT2D eigenvalue weighted by Gasteiger charge is -2.15. The molecule has 3 aromatic heterocycles. The summed E-state index contributed by atoms with van der Waals surface area (Å²) in [7, 11) is 0. The summed E-state index contributed by atoms with van der Waals surface area (Å²) in [6.45, 7) is 5.87. The Labute approximate surface area is 179 Å². The third-order valence-electron chi connectivity index (χ3n) is 5.41. The third-order valence-corrected chi connectivity index (χ3v) is 5.41. The van der Waals surface area contributed by atoms with Gasteiger partial charge < -0.3 is 20.7 Å². The van der Waals surface area contributed by atoms with E-state index in [9.17, 15) is 9.90 Å². The number of nitrogens with one attached hydrogen (secondary N) is 1. The van der Waals surface area contributed by atoms with Crippen LogP contribution in [0.2, 0.25) is 0 Å². The van der Waals surface area contributed by atoms with E-state index < -0.39 is 0 Å². The summed E-state index contributed by atoms with van der Waals surface area (Å²) < 4.78 is 1.92. The highest BCUT2D eigenvalue weighted by Crippen LogP contribution is 2.27. The number of rotatable bonds is 5. The van der Waals surface area contributed by atoms with E-state index in [0.29, 0.717) is 22.2 Å². The number of aromatic nitrogens is 4. The smallest absolute Gasteiger partial charge is 0.253 e. The summed E-state index contributed by atoms with van der Waals surface area (Å²) in [5.74, 6) is -0.226. The zero-order valence-electron chi connectivity index (χ0n) is 17.6. The molecular weight excluding hydrogens is 392 g/mol. The van der Waals surface area contributed by atoms with E-state index in [1.165, 1.54) is 0 Å². The Morgan fingerprint density at radius 2 is 1.97 bits per heavy atom. The fourth-order valence-corrected chi connectivity index (χ4v) is 3.74. The molecule has 8 heteroatoms. The van der Waals surface area contributed by atoms with Crippen molar-refractivity contribution in [1.82, 2.24) is 24.8 Å². The van der Waals surface area contributed by atoms with Crippen LogP contribution in [0.5, 0.6) is 5.88 Å². The number of nitrogens with zero attached hydrogens (tertiary/aromatic N) is 4. The Bertz CT molecular complexity index is 1240. The van der Waals surface area contributed by atoms with Crippen molar-refractivity contribution in [1.29, 1.82) is 0 Å². The Morgan fingerprint density at radius 1 is 1.23 bits per heavy atom. The second-order valence-corrected chi connectivity index (χ2v) is 7.57. The highest BCUT2D eigenvalue weighted by molar-refractivity contribution is 6.06. The Kier molecular flexibility index (Phi) is 5.29. The third kappa shape index (κ3) is 3.92. The van der Waals surface area contributed by atoms with Crippen molar-refractivity contribution in [3.05, 3.63) is 76.7 Å². The molecule has 0 radical (unpaired) electrons. The fraction of sp³-hybridized carbons (Fsp3) is 0.217. The first-order valence-corrected chi connectivity index (χ1v) is 9.97. The maximum atomic E-state index is 13.1. The van der Waals surface area contributed by atoms with Gasteiger partial charge in [0.15, 0.2) is 0 Å². The molecule has 1 unspecified atom stereocenters. The predicted molar refractivity (Wildman–Crippen MR) is 119 cm³/mol. The van der Waals surface area contributed by atoms with Crippen LogP contribution in [0.4, 0.5) is 5.95 Å². The molecule has 0 saturated carbocycles. The minimum Gasteiger partial charge on any atom is -0.493 e.